The largest absolute Gasteiger partial charge is 0.398 e. The average molecular weight is 132 g/mol. The highest BCUT2D eigenvalue weighted by molar-refractivity contribution is 5.49. The van der Waals surface area contributed by atoms with Crippen LogP contribution in [0.25, 0.3) is 0 Å². The van der Waals surface area contributed by atoms with Crippen LogP contribution in [0.4, 0.5) is 5.69 Å². The van der Waals surface area contributed by atoms with Gasteiger partial charge in [-0.05, 0) is 42.5 Å². The minimum Gasteiger partial charge on any atom is -0.398 e. The van der Waals surface area contributed by atoms with Gasteiger partial charge in [-0.3, -0.25) is 0 Å². The summed E-state index contributed by atoms with van der Waals surface area (Å²) in [7, 11) is 0. The molecule has 0 unspecified atom stereocenters. The summed E-state index contributed by atoms with van der Waals surface area (Å²) < 4.78 is 0. The molecule has 1 aliphatic rings. The molecule has 1 aromatic rings. The van der Waals surface area contributed by atoms with Crippen LogP contribution in [-0.4, -0.2) is 0 Å². The third-order valence-electron chi connectivity index (χ3n) is 1.95. The Balaban J connectivity index is 2.39. The second kappa shape index (κ2) is 2.01. The Kier molecular flexibility index (Phi) is 1.16. The topological polar surface area (TPSA) is 26.0 Å². The molecule has 0 saturated heterocycles. The third kappa shape index (κ3) is 0.878. The summed E-state index contributed by atoms with van der Waals surface area (Å²) in [6.07, 6.45) is 2.62. The normalized spacial score (nSPS) is 17.2. The van der Waals surface area contributed by atoms with Crippen LogP contribution in [0.2, 0.25) is 0 Å². The molecule has 10 heavy (non-hydrogen) atoms. The van der Waals surface area contributed by atoms with Gasteiger partial charge < -0.3 is 5.73 Å². The van der Waals surface area contributed by atoms with Gasteiger partial charge in [0.05, 0.1) is 0 Å². The second-order valence-corrected chi connectivity index (χ2v) is 2.83. The molecule has 0 atom stereocenters. The standard InChI is InChI=1S/C9H10N/c10-9-4-2-1-3-8(9)7-5-6-7/h2-4,7H,5-6,10H2. The molecule has 0 bridgehead atoms. The molecule has 0 heterocycles. The van der Waals surface area contributed by atoms with Gasteiger partial charge in [-0.1, -0.05) is 6.07 Å². The molecule has 1 aromatic carbocycles. The van der Waals surface area contributed by atoms with E-state index in [4.69, 9.17) is 5.73 Å². The van der Waals surface area contributed by atoms with Gasteiger partial charge in [0.1, 0.15) is 0 Å². The molecule has 0 spiro atoms. The van der Waals surface area contributed by atoms with E-state index in [1.54, 1.807) is 0 Å². The molecule has 1 aliphatic carbocycles. The van der Waals surface area contributed by atoms with Crippen molar-refractivity contribution in [3.63, 3.8) is 0 Å². The molecular formula is C9H10N. The molecule has 1 fully saturated rings. The predicted molar refractivity (Wildman–Crippen MR) is 41.7 cm³/mol. The van der Waals surface area contributed by atoms with Gasteiger partial charge in [-0.25, -0.2) is 0 Å². The van der Waals surface area contributed by atoms with Crippen molar-refractivity contribution in [2.75, 3.05) is 5.73 Å². The molecule has 0 aliphatic heterocycles. The molecule has 0 aromatic heterocycles. The van der Waals surface area contributed by atoms with Crippen LogP contribution >= 0.6 is 0 Å². The van der Waals surface area contributed by atoms with Crippen LogP contribution in [-0.2, 0) is 0 Å². The number of hydrogen-bond donors (Lipinski definition) is 1. The first-order valence-electron chi connectivity index (χ1n) is 3.63. The van der Waals surface area contributed by atoms with E-state index >= 15 is 0 Å². The van der Waals surface area contributed by atoms with Crippen molar-refractivity contribution in [3.05, 3.63) is 29.8 Å². The van der Waals surface area contributed by atoms with Crippen molar-refractivity contribution in [2.24, 2.45) is 0 Å². The van der Waals surface area contributed by atoms with Gasteiger partial charge >= 0.3 is 0 Å². The Bertz CT molecular complexity index is 238. The SMILES string of the molecule is Nc1cc[c]cc1C1CC1. The summed E-state index contributed by atoms with van der Waals surface area (Å²) in [6.45, 7) is 0. The lowest BCUT2D eigenvalue weighted by atomic mass is 10.1. The molecule has 1 heteroatoms. The lowest BCUT2D eigenvalue weighted by Crippen LogP contribution is -1.90. The fourth-order valence-electron chi connectivity index (χ4n) is 1.20. The van der Waals surface area contributed by atoms with E-state index in [0.29, 0.717) is 0 Å². The summed E-state index contributed by atoms with van der Waals surface area (Å²) in [5.74, 6) is 0.748. The van der Waals surface area contributed by atoms with Crippen LogP contribution in [0.5, 0.6) is 0 Å². The summed E-state index contributed by atoms with van der Waals surface area (Å²) in [6, 6.07) is 8.84. The molecule has 1 radical (unpaired) electrons. The molecule has 2 N–H and O–H groups in total. The minimum atomic E-state index is 0.748. The Morgan fingerprint density at radius 1 is 1.50 bits per heavy atom. The monoisotopic (exact) mass is 132 g/mol. The highest BCUT2D eigenvalue weighted by Gasteiger charge is 2.24. The lowest BCUT2D eigenvalue weighted by Gasteiger charge is -2.00. The van der Waals surface area contributed by atoms with E-state index in [1.807, 2.05) is 18.2 Å². The smallest absolute Gasteiger partial charge is 0.0349 e. The molecule has 0 amide bonds. The van der Waals surface area contributed by atoms with Gasteiger partial charge in [0.15, 0.2) is 0 Å². The van der Waals surface area contributed by atoms with E-state index < -0.39 is 0 Å². The van der Waals surface area contributed by atoms with Crippen molar-refractivity contribution in [1.82, 2.24) is 0 Å². The van der Waals surface area contributed by atoms with Crippen LogP contribution in [0, 0.1) is 6.07 Å². The summed E-state index contributed by atoms with van der Waals surface area (Å²) in [5, 5.41) is 0. The lowest BCUT2D eigenvalue weighted by molar-refractivity contribution is 1.13. The summed E-state index contributed by atoms with van der Waals surface area (Å²) in [4.78, 5) is 0. The van der Waals surface area contributed by atoms with Crippen molar-refractivity contribution in [2.45, 2.75) is 18.8 Å². The van der Waals surface area contributed by atoms with Crippen molar-refractivity contribution in [3.8, 4) is 0 Å². The Hall–Kier alpha value is -0.980. The molecule has 1 nitrogen and oxygen atoms in total. The van der Waals surface area contributed by atoms with Crippen LogP contribution in [0.1, 0.15) is 24.3 Å². The molecule has 51 valence electrons. The maximum Gasteiger partial charge on any atom is 0.0349 e. The fourth-order valence-corrected chi connectivity index (χ4v) is 1.20. The number of hydrogen-bond acceptors (Lipinski definition) is 1. The highest BCUT2D eigenvalue weighted by atomic mass is 14.6. The zero-order valence-corrected chi connectivity index (χ0v) is 5.80. The predicted octanol–water partition coefficient (Wildman–Crippen LogP) is 1.95. The number of nitrogens with two attached hydrogens (primary N) is 1. The maximum atomic E-state index is 5.74. The van der Waals surface area contributed by atoms with Crippen LogP contribution < -0.4 is 5.73 Å². The number of anilines is 1. The quantitative estimate of drug-likeness (QED) is 0.581. The minimum absolute atomic E-state index is 0.748. The van der Waals surface area contributed by atoms with Gasteiger partial charge in [0.25, 0.3) is 0 Å². The first kappa shape index (κ1) is 5.78. The first-order chi connectivity index (χ1) is 4.88. The van der Waals surface area contributed by atoms with E-state index in [0.717, 1.165) is 11.6 Å². The van der Waals surface area contributed by atoms with Crippen molar-refractivity contribution < 1.29 is 0 Å². The molecule has 2 rings (SSSR count). The zero-order valence-electron chi connectivity index (χ0n) is 5.80. The molecule has 1 saturated carbocycles. The van der Waals surface area contributed by atoms with Crippen molar-refractivity contribution >= 4 is 5.69 Å². The highest BCUT2D eigenvalue weighted by Crippen LogP contribution is 2.42. The van der Waals surface area contributed by atoms with E-state index in [-0.39, 0.29) is 0 Å². The van der Waals surface area contributed by atoms with Gasteiger partial charge in [-0.2, -0.15) is 0 Å². The fraction of sp³-hybridized carbons (Fsp3) is 0.333. The maximum absolute atomic E-state index is 5.74. The summed E-state index contributed by atoms with van der Waals surface area (Å²) in [5.41, 5.74) is 7.97. The van der Waals surface area contributed by atoms with Crippen LogP contribution in [0.15, 0.2) is 18.2 Å². The van der Waals surface area contributed by atoms with Crippen LogP contribution in [0.3, 0.4) is 0 Å². The molecular weight excluding hydrogens is 122 g/mol. The van der Waals surface area contributed by atoms with Gasteiger partial charge in [-0.15, -0.1) is 0 Å². The second-order valence-electron chi connectivity index (χ2n) is 2.83. The first-order valence-corrected chi connectivity index (χ1v) is 3.63. The van der Waals surface area contributed by atoms with Gasteiger partial charge in [0.2, 0.25) is 0 Å². The zero-order chi connectivity index (χ0) is 6.97. The third-order valence-corrected chi connectivity index (χ3v) is 1.95. The average Bonchev–Trinajstić information content (AvgIpc) is 2.71. The Morgan fingerprint density at radius 2 is 2.30 bits per heavy atom. The Morgan fingerprint density at radius 3 is 2.90 bits per heavy atom. The van der Waals surface area contributed by atoms with E-state index in [9.17, 15) is 0 Å². The van der Waals surface area contributed by atoms with E-state index in [2.05, 4.69) is 6.07 Å². The van der Waals surface area contributed by atoms with E-state index in [1.165, 1.54) is 18.4 Å². The Labute approximate surface area is 60.9 Å². The number of benzene rings is 1. The number of nitrogen functional groups attached to an aromatic ring is 1. The van der Waals surface area contributed by atoms with Crippen molar-refractivity contribution in [1.29, 1.82) is 0 Å². The number of rotatable bonds is 1. The van der Waals surface area contributed by atoms with Gasteiger partial charge in [0, 0.05) is 5.69 Å². The summed E-state index contributed by atoms with van der Waals surface area (Å²) >= 11 is 0.